The fourth-order valence-electron chi connectivity index (χ4n) is 1.57. The van der Waals surface area contributed by atoms with Crippen LogP contribution in [0.4, 0.5) is 0 Å². The van der Waals surface area contributed by atoms with Gasteiger partial charge in [-0.05, 0) is 13.3 Å². The maximum Gasteiger partial charge on any atom is 0.236 e. The number of carbonyl (C=O) groups is 1. The van der Waals surface area contributed by atoms with E-state index in [1.807, 2.05) is 14.0 Å². The van der Waals surface area contributed by atoms with E-state index < -0.39 is 0 Å². The van der Waals surface area contributed by atoms with Gasteiger partial charge >= 0.3 is 0 Å². The lowest BCUT2D eigenvalue weighted by molar-refractivity contribution is -0.137. The van der Waals surface area contributed by atoms with Gasteiger partial charge in [-0.1, -0.05) is 0 Å². The highest BCUT2D eigenvalue weighted by Gasteiger charge is 2.25. The van der Waals surface area contributed by atoms with E-state index >= 15 is 0 Å². The van der Waals surface area contributed by atoms with E-state index in [2.05, 4.69) is 4.90 Å². The first-order chi connectivity index (χ1) is 6.15. The Hall–Kier alpha value is -0.610. The summed E-state index contributed by atoms with van der Waals surface area (Å²) in [4.78, 5) is 15.3. The lowest BCUT2D eigenvalue weighted by Gasteiger charge is -2.37. The fourth-order valence-corrected chi connectivity index (χ4v) is 1.57. The summed E-state index contributed by atoms with van der Waals surface area (Å²) >= 11 is 0. The van der Waals surface area contributed by atoms with Crippen LogP contribution in [0.2, 0.25) is 0 Å². The molecule has 0 aliphatic carbocycles. The molecular formula is C9H18N2O2. The number of hydrogen-bond acceptors (Lipinski definition) is 3. The number of aliphatic hydroxyl groups excluding tert-OH is 1. The largest absolute Gasteiger partial charge is 0.396 e. The minimum absolute atomic E-state index is 0.177. The Morgan fingerprint density at radius 1 is 1.62 bits per heavy atom. The van der Waals surface area contributed by atoms with Gasteiger partial charge in [0, 0.05) is 32.8 Å². The molecule has 1 amide bonds. The second-order valence-corrected chi connectivity index (χ2v) is 3.67. The number of hydrogen-bond donors (Lipinski definition) is 1. The molecule has 0 aromatic carbocycles. The monoisotopic (exact) mass is 186 g/mol. The first-order valence-electron chi connectivity index (χ1n) is 4.74. The van der Waals surface area contributed by atoms with Crippen LogP contribution in [0.15, 0.2) is 0 Å². The molecule has 1 atom stereocenters. The number of carbonyl (C=O) groups excluding carboxylic acids is 1. The maximum absolute atomic E-state index is 11.4. The zero-order valence-corrected chi connectivity index (χ0v) is 8.36. The molecule has 1 fully saturated rings. The van der Waals surface area contributed by atoms with Crippen LogP contribution in [0, 0.1) is 0 Å². The zero-order valence-electron chi connectivity index (χ0n) is 8.36. The van der Waals surface area contributed by atoms with E-state index in [1.165, 1.54) is 0 Å². The first kappa shape index (κ1) is 10.5. The van der Waals surface area contributed by atoms with Crippen molar-refractivity contribution in [1.29, 1.82) is 0 Å². The molecular weight excluding hydrogens is 168 g/mol. The molecule has 1 unspecified atom stereocenters. The molecule has 0 radical (unpaired) electrons. The fraction of sp³-hybridized carbons (Fsp3) is 0.889. The van der Waals surface area contributed by atoms with Crippen LogP contribution in [-0.2, 0) is 4.79 Å². The molecule has 1 aliphatic rings. The SMILES string of the molecule is CC1CN(CCCO)CC(=O)N1C. The van der Waals surface area contributed by atoms with Crippen LogP contribution in [0.5, 0.6) is 0 Å². The molecule has 1 saturated heterocycles. The Balaban J connectivity index is 2.39. The lowest BCUT2D eigenvalue weighted by Crippen LogP contribution is -2.53. The Labute approximate surface area is 79.1 Å². The second kappa shape index (κ2) is 4.58. The number of amides is 1. The number of piperazine rings is 1. The summed E-state index contributed by atoms with van der Waals surface area (Å²) in [7, 11) is 1.84. The van der Waals surface area contributed by atoms with Crippen LogP contribution >= 0.6 is 0 Å². The molecule has 1 rings (SSSR count). The van der Waals surface area contributed by atoms with E-state index in [4.69, 9.17) is 5.11 Å². The van der Waals surface area contributed by atoms with Crippen molar-refractivity contribution in [3.63, 3.8) is 0 Å². The van der Waals surface area contributed by atoms with Crippen LogP contribution in [-0.4, -0.2) is 60.1 Å². The zero-order chi connectivity index (χ0) is 9.84. The van der Waals surface area contributed by atoms with Crippen LogP contribution in [0.25, 0.3) is 0 Å². The second-order valence-electron chi connectivity index (χ2n) is 3.67. The predicted molar refractivity (Wildman–Crippen MR) is 50.4 cm³/mol. The van der Waals surface area contributed by atoms with Crippen LogP contribution in [0.1, 0.15) is 13.3 Å². The molecule has 13 heavy (non-hydrogen) atoms. The molecule has 4 heteroatoms. The Morgan fingerprint density at radius 2 is 2.31 bits per heavy atom. The van der Waals surface area contributed by atoms with Crippen molar-refractivity contribution in [3.05, 3.63) is 0 Å². The van der Waals surface area contributed by atoms with Gasteiger partial charge in [0.15, 0.2) is 0 Å². The van der Waals surface area contributed by atoms with Gasteiger partial charge in [-0.3, -0.25) is 9.69 Å². The number of rotatable bonds is 3. The highest BCUT2D eigenvalue weighted by atomic mass is 16.3. The van der Waals surface area contributed by atoms with Gasteiger partial charge in [-0.15, -0.1) is 0 Å². The molecule has 4 nitrogen and oxygen atoms in total. The van der Waals surface area contributed by atoms with Crippen molar-refractivity contribution in [2.24, 2.45) is 0 Å². The van der Waals surface area contributed by atoms with Gasteiger partial charge in [0.1, 0.15) is 0 Å². The molecule has 1 heterocycles. The molecule has 0 bridgehead atoms. The van der Waals surface area contributed by atoms with E-state index in [9.17, 15) is 4.79 Å². The van der Waals surface area contributed by atoms with Crippen molar-refractivity contribution in [2.75, 3.05) is 33.3 Å². The van der Waals surface area contributed by atoms with Gasteiger partial charge in [0.2, 0.25) is 5.91 Å². The third-order valence-electron chi connectivity index (χ3n) is 2.57. The summed E-state index contributed by atoms with van der Waals surface area (Å²) < 4.78 is 0. The van der Waals surface area contributed by atoms with E-state index in [0.29, 0.717) is 12.6 Å². The van der Waals surface area contributed by atoms with Gasteiger partial charge in [-0.25, -0.2) is 0 Å². The Morgan fingerprint density at radius 3 is 2.85 bits per heavy atom. The topological polar surface area (TPSA) is 43.8 Å². The summed E-state index contributed by atoms with van der Waals surface area (Å²) in [6, 6.07) is 0.292. The molecule has 1 N–H and O–H groups in total. The van der Waals surface area contributed by atoms with E-state index in [0.717, 1.165) is 19.5 Å². The van der Waals surface area contributed by atoms with Gasteiger partial charge in [0.25, 0.3) is 0 Å². The molecule has 0 aromatic heterocycles. The molecule has 0 saturated carbocycles. The summed E-state index contributed by atoms with van der Waals surface area (Å²) in [6.45, 7) is 4.49. The van der Waals surface area contributed by atoms with Crippen molar-refractivity contribution in [1.82, 2.24) is 9.80 Å². The first-order valence-corrected chi connectivity index (χ1v) is 4.74. The van der Waals surface area contributed by atoms with Crippen molar-refractivity contribution < 1.29 is 9.90 Å². The number of nitrogens with zero attached hydrogens (tertiary/aromatic N) is 2. The highest BCUT2D eigenvalue weighted by Crippen LogP contribution is 2.08. The normalized spacial score (nSPS) is 25.3. The smallest absolute Gasteiger partial charge is 0.236 e. The summed E-state index contributed by atoms with van der Waals surface area (Å²) in [6.07, 6.45) is 0.754. The lowest BCUT2D eigenvalue weighted by atomic mass is 10.2. The van der Waals surface area contributed by atoms with Crippen LogP contribution < -0.4 is 0 Å². The number of aliphatic hydroxyl groups is 1. The maximum atomic E-state index is 11.4. The minimum atomic E-state index is 0.177. The molecule has 0 aromatic rings. The standard InChI is InChI=1S/C9H18N2O2/c1-8-6-11(4-3-5-12)7-9(13)10(8)2/h8,12H,3-7H2,1-2H3. The molecule has 1 aliphatic heterocycles. The van der Waals surface area contributed by atoms with Crippen molar-refractivity contribution in [3.8, 4) is 0 Å². The van der Waals surface area contributed by atoms with Crippen LogP contribution in [0.3, 0.4) is 0 Å². The summed E-state index contributed by atoms with van der Waals surface area (Å²) in [5.41, 5.74) is 0. The average molecular weight is 186 g/mol. The third-order valence-corrected chi connectivity index (χ3v) is 2.57. The summed E-state index contributed by atoms with van der Waals surface area (Å²) in [5, 5.41) is 8.66. The third kappa shape index (κ3) is 2.67. The highest BCUT2D eigenvalue weighted by molar-refractivity contribution is 5.79. The van der Waals surface area contributed by atoms with Crippen molar-refractivity contribution in [2.45, 2.75) is 19.4 Å². The summed E-state index contributed by atoms with van der Waals surface area (Å²) in [5.74, 6) is 0.177. The molecule has 0 spiro atoms. The Bertz CT molecular complexity index is 184. The quantitative estimate of drug-likeness (QED) is 0.648. The van der Waals surface area contributed by atoms with Gasteiger partial charge in [0.05, 0.1) is 6.54 Å². The van der Waals surface area contributed by atoms with Gasteiger partial charge < -0.3 is 10.0 Å². The van der Waals surface area contributed by atoms with E-state index in [1.54, 1.807) is 4.90 Å². The predicted octanol–water partition coefficient (Wildman–Crippen LogP) is -0.469. The average Bonchev–Trinajstić information content (AvgIpc) is 2.10. The van der Waals surface area contributed by atoms with Crippen molar-refractivity contribution >= 4 is 5.91 Å². The minimum Gasteiger partial charge on any atom is -0.396 e. The number of likely N-dealkylation sites (N-methyl/N-ethyl adjacent to an activating group) is 1. The Kier molecular flexibility index (Phi) is 3.69. The van der Waals surface area contributed by atoms with E-state index in [-0.39, 0.29) is 12.5 Å². The molecule has 76 valence electrons. The van der Waals surface area contributed by atoms with Gasteiger partial charge in [-0.2, -0.15) is 0 Å².